The number of amidine groups is 1. The molecule has 0 heterocycles. The lowest BCUT2D eigenvalue weighted by atomic mass is 10.3. The highest BCUT2D eigenvalue weighted by Crippen LogP contribution is 2.02. The van der Waals surface area contributed by atoms with Gasteiger partial charge in [0.25, 0.3) is 6.02 Å². The summed E-state index contributed by atoms with van der Waals surface area (Å²) >= 11 is 0. The molecule has 0 aromatic rings. The molecule has 0 unspecified atom stereocenters. The third-order valence-electron chi connectivity index (χ3n) is 2.49. The van der Waals surface area contributed by atoms with Gasteiger partial charge in [0.1, 0.15) is 0 Å². The fourth-order valence-electron chi connectivity index (χ4n) is 1.40. The van der Waals surface area contributed by atoms with Gasteiger partial charge in [-0.3, -0.25) is 0 Å². The first-order chi connectivity index (χ1) is 8.65. The molecule has 2 N–H and O–H groups in total. The fourth-order valence-corrected chi connectivity index (χ4v) is 1.40. The summed E-state index contributed by atoms with van der Waals surface area (Å²) in [4.78, 5) is 17.4. The van der Waals surface area contributed by atoms with E-state index in [-0.39, 0.29) is 12.1 Å². The summed E-state index contributed by atoms with van der Waals surface area (Å²) in [5.74, 6) is 0. The largest absolute Gasteiger partial charge is 0.465 e. The van der Waals surface area contributed by atoms with Gasteiger partial charge in [-0.05, 0) is 19.3 Å². The van der Waals surface area contributed by atoms with Crippen LogP contribution >= 0.6 is 0 Å². The van der Waals surface area contributed by atoms with Gasteiger partial charge < -0.3 is 15.4 Å². The van der Waals surface area contributed by atoms with E-state index in [4.69, 9.17) is 10.5 Å². The minimum atomic E-state index is -0.287. The van der Waals surface area contributed by atoms with Crippen molar-refractivity contribution in [1.82, 2.24) is 4.90 Å². The third kappa shape index (κ3) is 7.92. The van der Waals surface area contributed by atoms with Gasteiger partial charge in [0, 0.05) is 13.1 Å². The van der Waals surface area contributed by atoms with Crippen LogP contribution in [-0.4, -0.2) is 36.6 Å². The van der Waals surface area contributed by atoms with Crippen LogP contribution in [-0.2, 0) is 4.74 Å². The van der Waals surface area contributed by atoms with Crippen molar-refractivity contribution in [3.05, 3.63) is 0 Å². The molecule has 5 nitrogen and oxygen atoms in total. The molecule has 0 saturated carbocycles. The number of carbonyl (C=O) groups is 1. The molecule has 0 aliphatic rings. The van der Waals surface area contributed by atoms with E-state index in [1.165, 1.54) is 0 Å². The minimum absolute atomic E-state index is 0.0279. The number of rotatable bonds is 8. The normalized spacial score (nSPS) is 11.4. The Labute approximate surface area is 110 Å². The first-order valence-electron chi connectivity index (χ1n) is 6.91. The number of hydrogen-bond donors (Lipinski definition) is 1. The average Bonchev–Trinajstić information content (AvgIpc) is 2.36. The van der Waals surface area contributed by atoms with Crippen LogP contribution in [0.25, 0.3) is 0 Å². The van der Waals surface area contributed by atoms with Crippen molar-refractivity contribution >= 4 is 12.1 Å². The molecule has 106 valence electrons. The maximum absolute atomic E-state index is 11.9. The predicted octanol–water partition coefficient (Wildman–Crippen LogP) is 2.75. The van der Waals surface area contributed by atoms with Gasteiger partial charge in [-0.2, -0.15) is 0 Å². The Morgan fingerprint density at radius 2 is 1.67 bits per heavy atom. The molecule has 0 fully saturated rings. The maximum atomic E-state index is 11.9. The smallest absolute Gasteiger partial charge is 0.348 e. The number of nitrogens with zero attached hydrogens (tertiary/aromatic N) is 2. The van der Waals surface area contributed by atoms with Crippen LogP contribution in [0.4, 0.5) is 4.79 Å². The number of unbranched alkanes of at least 4 members (excludes halogenated alkanes) is 2. The molecule has 0 aromatic carbocycles. The minimum Gasteiger partial charge on any atom is -0.465 e. The van der Waals surface area contributed by atoms with Gasteiger partial charge in [-0.15, -0.1) is 4.99 Å². The van der Waals surface area contributed by atoms with Gasteiger partial charge in [0.05, 0.1) is 6.61 Å². The molecule has 0 aromatic heterocycles. The summed E-state index contributed by atoms with van der Waals surface area (Å²) in [5.41, 5.74) is 5.54. The molecule has 0 saturated heterocycles. The van der Waals surface area contributed by atoms with Gasteiger partial charge in [0.2, 0.25) is 0 Å². The number of hydrogen-bond acceptors (Lipinski definition) is 2. The van der Waals surface area contributed by atoms with E-state index in [0.717, 1.165) is 45.2 Å². The van der Waals surface area contributed by atoms with Crippen LogP contribution < -0.4 is 5.73 Å². The van der Waals surface area contributed by atoms with Crippen LogP contribution in [0.1, 0.15) is 52.9 Å². The van der Waals surface area contributed by atoms with Crippen LogP contribution in [0.2, 0.25) is 0 Å². The van der Waals surface area contributed by atoms with Crippen molar-refractivity contribution in [2.45, 2.75) is 52.9 Å². The number of ether oxygens (including phenoxy) is 1. The zero-order valence-electron chi connectivity index (χ0n) is 11.9. The highest BCUT2D eigenvalue weighted by atomic mass is 16.5. The second kappa shape index (κ2) is 10.9. The van der Waals surface area contributed by atoms with Crippen LogP contribution in [0.15, 0.2) is 4.99 Å². The monoisotopic (exact) mass is 257 g/mol. The molecule has 0 bridgehead atoms. The van der Waals surface area contributed by atoms with Crippen molar-refractivity contribution in [2.24, 2.45) is 10.7 Å². The van der Waals surface area contributed by atoms with Crippen molar-refractivity contribution in [3.8, 4) is 0 Å². The van der Waals surface area contributed by atoms with Crippen molar-refractivity contribution < 1.29 is 9.53 Å². The highest BCUT2D eigenvalue weighted by Gasteiger charge is 2.12. The van der Waals surface area contributed by atoms with E-state index in [1.54, 1.807) is 4.90 Å². The zero-order chi connectivity index (χ0) is 13.8. The van der Waals surface area contributed by atoms with Gasteiger partial charge in [-0.25, -0.2) is 4.79 Å². The van der Waals surface area contributed by atoms with Crippen molar-refractivity contribution in [1.29, 1.82) is 0 Å². The molecule has 5 heteroatoms. The Balaban J connectivity index is 4.33. The zero-order valence-corrected chi connectivity index (χ0v) is 11.9. The van der Waals surface area contributed by atoms with Gasteiger partial charge in [0.15, 0.2) is 0 Å². The SMILES string of the molecule is CCCCN(CCCC)C(=O)/N=C(/N)OCCC. The molecule has 18 heavy (non-hydrogen) atoms. The number of nitrogens with two attached hydrogens (primary N) is 1. The molecule has 0 rings (SSSR count). The number of aliphatic imine (C=N–C) groups is 1. The third-order valence-corrected chi connectivity index (χ3v) is 2.49. The summed E-state index contributed by atoms with van der Waals surface area (Å²) < 4.78 is 5.10. The molecule has 0 radical (unpaired) electrons. The Morgan fingerprint density at radius 1 is 1.11 bits per heavy atom. The summed E-state index contributed by atoms with van der Waals surface area (Å²) in [6.07, 6.45) is 4.93. The first-order valence-corrected chi connectivity index (χ1v) is 6.91. The summed E-state index contributed by atoms with van der Waals surface area (Å²) in [7, 11) is 0. The lowest BCUT2D eigenvalue weighted by Gasteiger charge is -2.19. The first kappa shape index (κ1) is 16.7. The second-order valence-corrected chi connectivity index (χ2v) is 4.28. The molecule has 0 atom stereocenters. The molecule has 0 aliphatic carbocycles. The fraction of sp³-hybridized carbons (Fsp3) is 0.846. The summed E-state index contributed by atoms with van der Waals surface area (Å²) in [6.45, 7) is 8.14. The standard InChI is InChI=1S/C13H27N3O2/c1-4-7-9-16(10-8-5-2)13(17)15-12(14)18-11-6-3/h4-11H2,1-3H3,(H2,14,15,17). The van der Waals surface area contributed by atoms with Crippen LogP contribution in [0.3, 0.4) is 0 Å². The van der Waals surface area contributed by atoms with Crippen molar-refractivity contribution in [3.63, 3.8) is 0 Å². The van der Waals surface area contributed by atoms with E-state index < -0.39 is 0 Å². The Bertz CT molecular complexity index is 247. The molecular weight excluding hydrogens is 230 g/mol. The Kier molecular flexibility index (Phi) is 10.1. The highest BCUT2D eigenvalue weighted by molar-refractivity contribution is 5.88. The lowest BCUT2D eigenvalue weighted by molar-refractivity contribution is 0.204. The number of urea groups is 1. The van der Waals surface area contributed by atoms with Gasteiger partial charge >= 0.3 is 6.03 Å². The van der Waals surface area contributed by atoms with Crippen LogP contribution in [0.5, 0.6) is 0 Å². The van der Waals surface area contributed by atoms with E-state index in [9.17, 15) is 4.79 Å². The van der Waals surface area contributed by atoms with E-state index in [0.29, 0.717) is 6.61 Å². The molecule has 0 spiro atoms. The summed E-state index contributed by atoms with van der Waals surface area (Å²) in [5, 5.41) is 0. The number of carbonyl (C=O) groups excluding carboxylic acids is 1. The molecule has 0 aliphatic heterocycles. The topological polar surface area (TPSA) is 67.9 Å². The predicted molar refractivity (Wildman–Crippen MR) is 74.7 cm³/mol. The molecular formula is C13H27N3O2. The van der Waals surface area contributed by atoms with Gasteiger partial charge in [-0.1, -0.05) is 33.6 Å². The maximum Gasteiger partial charge on any atom is 0.348 e. The quantitative estimate of drug-likeness (QED) is 0.537. The number of amides is 2. The van der Waals surface area contributed by atoms with Crippen molar-refractivity contribution in [2.75, 3.05) is 19.7 Å². The van der Waals surface area contributed by atoms with E-state index in [2.05, 4.69) is 18.8 Å². The Morgan fingerprint density at radius 3 is 2.11 bits per heavy atom. The average molecular weight is 257 g/mol. The molecule has 2 amide bonds. The van der Waals surface area contributed by atoms with E-state index >= 15 is 0 Å². The van der Waals surface area contributed by atoms with E-state index in [1.807, 2.05) is 6.92 Å². The van der Waals surface area contributed by atoms with Crippen LogP contribution in [0, 0.1) is 0 Å². The second-order valence-electron chi connectivity index (χ2n) is 4.28. The lowest BCUT2D eigenvalue weighted by Crippen LogP contribution is -2.32. The Hall–Kier alpha value is -1.26. The summed E-state index contributed by atoms with van der Waals surface area (Å²) in [6, 6.07) is -0.314.